The number of aromatic nitrogens is 2. The molecule has 1 aromatic heterocycles. The number of carbonyl (C=O) groups is 1. The highest BCUT2D eigenvalue weighted by Crippen LogP contribution is 2.12. The predicted molar refractivity (Wildman–Crippen MR) is 69.0 cm³/mol. The van der Waals surface area contributed by atoms with Crippen LogP contribution in [-0.2, 0) is 17.8 Å². The molecular weight excluding hydrogens is 230 g/mol. The third-order valence-electron chi connectivity index (χ3n) is 2.70. The number of Topliss-reactive ketones (excluding diaryl/α,β-unsaturated/α-hetero) is 1. The number of ketones is 1. The minimum Gasteiger partial charge on any atom is -0.312 e. The van der Waals surface area contributed by atoms with Crippen LogP contribution in [0.2, 0.25) is 0 Å². The molecule has 0 saturated heterocycles. The van der Waals surface area contributed by atoms with E-state index in [-0.39, 0.29) is 12.3 Å². The fraction of sp³-hybridized carbons (Fsp3) is 0.417. The number of fused-ring (bicyclic) bond motifs is 1. The molecule has 1 aromatic rings. The molecule has 0 bridgehead atoms. The Bertz CT molecular complexity index is 495. The van der Waals surface area contributed by atoms with E-state index in [0.29, 0.717) is 0 Å². The SMILES string of the molecule is Cc1ncnc2c1CNCC2.O=C1C=NC=NC1. The number of hydrogen-bond donors (Lipinski definition) is 1. The molecule has 0 spiro atoms. The lowest BCUT2D eigenvalue weighted by Gasteiger charge is -2.16. The van der Waals surface area contributed by atoms with E-state index in [1.54, 1.807) is 6.33 Å². The van der Waals surface area contributed by atoms with Crippen LogP contribution in [0, 0.1) is 6.92 Å². The molecule has 0 unspecified atom stereocenters. The first-order chi connectivity index (χ1) is 8.77. The summed E-state index contributed by atoms with van der Waals surface area (Å²) in [5.74, 6) is -0.0255. The van der Waals surface area contributed by atoms with Crippen LogP contribution >= 0.6 is 0 Å². The number of hydrogen-bond acceptors (Lipinski definition) is 6. The molecular formula is C12H15N5O. The van der Waals surface area contributed by atoms with Crippen molar-refractivity contribution in [1.82, 2.24) is 15.3 Å². The van der Waals surface area contributed by atoms with E-state index in [4.69, 9.17) is 0 Å². The molecule has 0 aliphatic carbocycles. The molecule has 3 heterocycles. The molecule has 0 atom stereocenters. The van der Waals surface area contributed by atoms with Gasteiger partial charge in [-0.15, -0.1) is 0 Å². The summed E-state index contributed by atoms with van der Waals surface area (Å²) in [5.41, 5.74) is 3.62. The van der Waals surface area contributed by atoms with Crippen LogP contribution < -0.4 is 5.32 Å². The second-order valence-corrected chi connectivity index (χ2v) is 4.01. The highest BCUT2D eigenvalue weighted by atomic mass is 16.1. The van der Waals surface area contributed by atoms with E-state index in [1.807, 2.05) is 6.92 Å². The first kappa shape index (κ1) is 12.5. The Kier molecular flexibility index (Phi) is 4.25. The standard InChI is InChI=1S/C8H11N3.C4H4N2O/c1-6-7-4-9-3-2-8(7)11-5-10-6;7-4-1-5-3-6-2-4/h5,9H,2-4H2,1H3;1,3H,2H2. The molecule has 6 heteroatoms. The molecule has 1 N–H and O–H groups in total. The van der Waals surface area contributed by atoms with Crippen LogP contribution in [-0.4, -0.2) is 41.4 Å². The van der Waals surface area contributed by atoms with Crippen LogP contribution in [0.3, 0.4) is 0 Å². The number of aliphatic imine (C=N–C) groups is 2. The second-order valence-electron chi connectivity index (χ2n) is 4.01. The van der Waals surface area contributed by atoms with Gasteiger partial charge in [0, 0.05) is 36.5 Å². The van der Waals surface area contributed by atoms with Crippen molar-refractivity contribution in [3.8, 4) is 0 Å². The van der Waals surface area contributed by atoms with E-state index < -0.39 is 0 Å². The topological polar surface area (TPSA) is 79.6 Å². The maximum Gasteiger partial charge on any atom is 0.195 e. The van der Waals surface area contributed by atoms with Gasteiger partial charge in [0.2, 0.25) is 0 Å². The summed E-state index contributed by atoms with van der Waals surface area (Å²) in [6.07, 6.45) is 5.34. The van der Waals surface area contributed by atoms with Gasteiger partial charge in [-0.25, -0.2) is 15.0 Å². The molecule has 2 aliphatic rings. The summed E-state index contributed by atoms with van der Waals surface area (Å²) in [6.45, 7) is 4.28. The van der Waals surface area contributed by atoms with Gasteiger partial charge >= 0.3 is 0 Å². The zero-order valence-electron chi connectivity index (χ0n) is 10.3. The first-order valence-electron chi connectivity index (χ1n) is 5.82. The van der Waals surface area contributed by atoms with Crippen molar-refractivity contribution in [3.63, 3.8) is 0 Å². The lowest BCUT2D eigenvalue weighted by Crippen LogP contribution is -2.25. The molecule has 0 aromatic carbocycles. The van der Waals surface area contributed by atoms with E-state index in [9.17, 15) is 4.79 Å². The van der Waals surface area contributed by atoms with Gasteiger partial charge in [-0.2, -0.15) is 0 Å². The van der Waals surface area contributed by atoms with E-state index in [1.165, 1.54) is 23.8 Å². The zero-order chi connectivity index (χ0) is 12.8. The molecule has 0 radical (unpaired) electrons. The van der Waals surface area contributed by atoms with Crippen molar-refractivity contribution in [3.05, 3.63) is 23.3 Å². The van der Waals surface area contributed by atoms with Crippen molar-refractivity contribution in [2.24, 2.45) is 9.98 Å². The first-order valence-corrected chi connectivity index (χ1v) is 5.82. The summed E-state index contributed by atoms with van der Waals surface area (Å²) < 4.78 is 0. The van der Waals surface area contributed by atoms with Crippen molar-refractivity contribution >= 4 is 18.3 Å². The van der Waals surface area contributed by atoms with Gasteiger partial charge in [-0.05, 0) is 6.92 Å². The highest BCUT2D eigenvalue weighted by Gasteiger charge is 2.11. The molecule has 6 nitrogen and oxygen atoms in total. The molecule has 3 rings (SSSR count). The zero-order valence-corrected chi connectivity index (χ0v) is 10.3. The summed E-state index contributed by atoms with van der Waals surface area (Å²) in [7, 11) is 0. The molecule has 0 amide bonds. The molecule has 0 fully saturated rings. The summed E-state index contributed by atoms with van der Waals surface area (Å²) >= 11 is 0. The quantitative estimate of drug-likeness (QED) is 0.703. The molecule has 18 heavy (non-hydrogen) atoms. The minimum absolute atomic E-state index is 0.0255. The van der Waals surface area contributed by atoms with Gasteiger partial charge in [0.05, 0.1) is 6.21 Å². The number of carbonyl (C=O) groups excluding carboxylic acids is 1. The van der Waals surface area contributed by atoms with Crippen molar-refractivity contribution < 1.29 is 4.79 Å². The van der Waals surface area contributed by atoms with Crippen LogP contribution in [0.1, 0.15) is 17.0 Å². The van der Waals surface area contributed by atoms with Crippen LogP contribution in [0.15, 0.2) is 16.3 Å². The summed E-state index contributed by atoms with van der Waals surface area (Å²) in [4.78, 5) is 25.6. The predicted octanol–water partition coefficient (Wildman–Crippen LogP) is 0.0989. The fourth-order valence-electron chi connectivity index (χ4n) is 1.75. The molecule has 2 aliphatic heterocycles. The average molecular weight is 245 g/mol. The largest absolute Gasteiger partial charge is 0.312 e. The minimum atomic E-state index is -0.0255. The van der Waals surface area contributed by atoms with Crippen molar-refractivity contribution in [2.75, 3.05) is 13.1 Å². The normalized spacial score (nSPS) is 16.8. The van der Waals surface area contributed by atoms with E-state index in [2.05, 4.69) is 25.3 Å². The Balaban J connectivity index is 0.000000149. The molecule has 94 valence electrons. The number of rotatable bonds is 0. The number of aryl methyl sites for hydroxylation is 1. The Morgan fingerprint density at radius 2 is 2.22 bits per heavy atom. The summed E-state index contributed by atoms with van der Waals surface area (Å²) in [6, 6.07) is 0. The Hall–Kier alpha value is -1.95. The van der Waals surface area contributed by atoms with E-state index >= 15 is 0 Å². The molecule has 0 saturated carbocycles. The monoisotopic (exact) mass is 245 g/mol. The Labute approximate surface area is 105 Å². The van der Waals surface area contributed by atoms with Gasteiger partial charge in [0.15, 0.2) is 5.78 Å². The van der Waals surface area contributed by atoms with Gasteiger partial charge in [0.1, 0.15) is 19.2 Å². The fourth-order valence-corrected chi connectivity index (χ4v) is 1.75. The Morgan fingerprint density at radius 3 is 2.83 bits per heavy atom. The number of nitrogens with one attached hydrogen (secondary N) is 1. The lowest BCUT2D eigenvalue weighted by molar-refractivity contribution is -0.111. The second kappa shape index (κ2) is 6.11. The van der Waals surface area contributed by atoms with Crippen LogP contribution in [0.4, 0.5) is 0 Å². The van der Waals surface area contributed by atoms with Gasteiger partial charge < -0.3 is 5.32 Å². The third-order valence-corrected chi connectivity index (χ3v) is 2.70. The van der Waals surface area contributed by atoms with Gasteiger partial charge in [-0.1, -0.05) is 0 Å². The van der Waals surface area contributed by atoms with Crippen LogP contribution in [0.5, 0.6) is 0 Å². The number of nitrogens with zero attached hydrogens (tertiary/aromatic N) is 4. The third kappa shape index (κ3) is 3.27. The van der Waals surface area contributed by atoms with E-state index in [0.717, 1.165) is 25.2 Å². The maximum atomic E-state index is 10.2. The van der Waals surface area contributed by atoms with Crippen molar-refractivity contribution in [1.29, 1.82) is 0 Å². The smallest absolute Gasteiger partial charge is 0.195 e. The van der Waals surface area contributed by atoms with Gasteiger partial charge in [-0.3, -0.25) is 9.79 Å². The van der Waals surface area contributed by atoms with Crippen molar-refractivity contribution in [2.45, 2.75) is 19.9 Å². The summed E-state index contributed by atoms with van der Waals surface area (Å²) in [5, 5.41) is 3.30. The Morgan fingerprint density at radius 1 is 1.33 bits per heavy atom. The maximum absolute atomic E-state index is 10.2. The lowest BCUT2D eigenvalue weighted by atomic mass is 10.1. The van der Waals surface area contributed by atoms with Crippen LogP contribution in [0.25, 0.3) is 0 Å². The highest BCUT2D eigenvalue weighted by molar-refractivity contribution is 6.30. The van der Waals surface area contributed by atoms with Gasteiger partial charge in [0.25, 0.3) is 0 Å². The average Bonchev–Trinajstić information content (AvgIpc) is 2.41.